The van der Waals surface area contributed by atoms with Crippen molar-refractivity contribution in [1.82, 2.24) is 15.3 Å². The van der Waals surface area contributed by atoms with Crippen molar-refractivity contribution in [3.63, 3.8) is 0 Å². The molecule has 1 fully saturated rings. The molecule has 0 spiro atoms. The Kier molecular flexibility index (Phi) is 7.24. The summed E-state index contributed by atoms with van der Waals surface area (Å²) in [4.78, 5) is 9.32. The summed E-state index contributed by atoms with van der Waals surface area (Å²) in [6.45, 7) is 6.48. The van der Waals surface area contributed by atoms with Crippen molar-refractivity contribution >= 4 is 16.6 Å². The summed E-state index contributed by atoms with van der Waals surface area (Å²) < 4.78 is 5.73. The Bertz CT molecular complexity index is 1110. The second-order valence-corrected chi connectivity index (χ2v) is 8.45. The molecule has 2 aromatic carbocycles. The van der Waals surface area contributed by atoms with Gasteiger partial charge in [-0.1, -0.05) is 50.1 Å². The summed E-state index contributed by atoms with van der Waals surface area (Å²) in [7, 11) is 1.70. The molecule has 1 aromatic heterocycles. The minimum atomic E-state index is 0.260. The van der Waals surface area contributed by atoms with Gasteiger partial charge in [-0.15, -0.1) is 0 Å². The Morgan fingerprint density at radius 2 is 1.97 bits per heavy atom. The lowest BCUT2D eigenvalue weighted by molar-refractivity contribution is 0.417. The molecule has 0 amide bonds. The smallest absolute Gasteiger partial charge is 0.145 e. The number of rotatable bonds is 6. The molecule has 4 rings (SSSR count). The molecule has 2 heterocycles. The van der Waals surface area contributed by atoms with Crippen LogP contribution in [0.3, 0.4) is 0 Å². The van der Waals surface area contributed by atoms with Crippen molar-refractivity contribution in [2.24, 2.45) is 5.92 Å². The van der Waals surface area contributed by atoms with Crippen molar-refractivity contribution in [1.29, 1.82) is 0 Å². The van der Waals surface area contributed by atoms with E-state index in [-0.39, 0.29) is 5.92 Å². The van der Waals surface area contributed by atoms with Gasteiger partial charge in [0.2, 0.25) is 0 Å². The Labute approximate surface area is 191 Å². The van der Waals surface area contributed by atoms with Crippen LogP contribution in [-0.4, -0.2) is 30.2 Å². The first-order chi connectivity index (χ1) is 15.7. The topological polar surface area (TPSA) is 59.1 Å². The minimum absolute atomic E-state index is 0.260. The van der Waals surface area contributed by atoms with E-state index in [1.165, 1.54) is 5.56 Å². The molecule has 0 bridgehead atoms. The molecule has 32 heavy (non-hydrogen) atoms. The second-order valence-electron chi connectivity index (χ2n) is 8.45. The van der Waals surface area contributed by atoms with E-state index in [9.17, 15) is 0 Å². The zero-order valence-electron chi connectivity index (χ0n) is 19.2. The lowest BCUT2D eigenvalue weighted by Gasteiger charge is -2.20. The first kappa shape index (κ1) is 22.1. The van der Waals surface area contributed by atoms with Gasteiger partial charge in [-0.2, -0.15) is 0 Å². The van der Waals surface area contributed by atoms with E-state index < -0.39 is 0 Å². The highest BCUT2D eigenvalue weighted by Gasteiger charge is 2.20. The average Bonchev–Trinajstić information content (AvgIpc) is 2.84. The lowest BCUT2D eigenvalue weighted by Crippen LogP contribution is -2.27. The number of hydrogen-bond acceptors (Lipinski definition) is 5. The maximum Gasteiger partial charge on any atom is 0.145 e. The number of methoxy groups -OCH3 is 1. The number of nitrogens with zero attached hydrogens (tertiary/aromatic N) is 2. The van der Waals surface area contributed by atoms with E-state index in [0.29, 0.717) is 5.92 Å². The zero-order chi connectivity index (χ0) is 22.3. The van der Waals surface area contributed by atoms with E-state index in [1.807, 2.05) is 6.07 Å². The van der Waals surface area contributed by atoms with Crippen LogP contribution in [0.1, 0.15) is 49.4 Å². The van der Waals surface area contributed by atoms with E-state index in [2.05, 4.69) is 71.8 Å². The highest BCUT2D eigenvalue weighted by atomic mass is 16.5. The molecule has 2 N–H and O–H groups in total. The number of hydrogen-bond donors (Lipinski definition) is 2. The minimum Gasteiger partial charge on any atom is -0.494 e. The zero-order valence-corrected chi connectivity index (χ0v) is 19.2. The molecule has 5 nitrogen and oxygen atoms in total. The van der Waals surface area contributed by atoms with E-state index in [0.717, 1.165) is 72.4 Å². The molecule has 1 aliphatic rings. The molecule has 0 aliphatic carbocycles. The van der Waals surface area contributed by atoms with Crippen LogP contribution < -0.4 is 15.4 Å². The van der Waals surface area contributed by atoms with Crippen LogP contribution in [-0.2, 0) is 12.8 Å². The van der Waals surface area contributed by atoms with Crippen LogP contribution in [0, 0.1) is 17.9 Å². The van der Waals surface area contributed by atoms with E-state index in [1.54, 1.807) is 13.4 Å². The number of aryl methyl sites for hydroxylation is 1. The van der Waals surface area contributed by atoms with Crippen LogP contribution >= 0.6 is 0 Å². The van der Waals surface area contributed by atoms with Crippen molar-refractivity contribution in [2.45, 2.75) is 45.4 Å². The van der Waals surface area contributed by atoms with Crippen LogP contribution in [0.15, 0.2) is 42.7 Å². The van der Waals surface area contributed by atoms with Gasteiger partial charge in [-0.25, -0.2) is 9.97 Å². The van der Waals surface area contributed by atoms with Gasteiger partial charge < -0.3 is 15.4 Å². The maximum absolute atomic E-state index is 5.73. The predicted octanol–water partition coefficient (Wildman–Crippen LogP) is 4.92. The summed E-state index contributed by atoms with van der Waals surface area (Å²) in [5, 5.41) is 7.88. The fourth-order valence-corrected chi connectivity index (χ4v) is 4.56. The van der Waals surface area contributed by atoms with Gasteiger partial charge in [-0.05, 0) is 49.9 Å². The molecule has 3 aromatic rings. The Morgan fingerprint density at radius 3 is 2.69 bits per heavy atom. The average molecular weight is 429 g/mol. The molecule has 166 valence electrons. The third kappa shape index (κ3) is 4.87. The molecule has 1 unspecified atom stereocenters. The van der Waals surface area contributed by atoms with Gasteiger partial charge in [0.05, 0.1) is 24.0 Å². The van der Waals surface area contributed by atoms with Crippen molar-refractivity contribution in [2.75, 3.05) is 25.5 Å². The summed E-state index contributed by atoms with van der Waals surface area (Å²) in [5.41, 5.74) is 5.40. The number of fused-ring (bicyclic) bond motifs is 1. The van der Waals surface area contributed by atoms with Gasteiger partial charge >= 0.3 is 0 Å². The lowest BCUT2D eigenvalue weighted by atomic mass is 9.92. The molecular formula is C27H32N4O. The first-order valence-corrected chi connectivity index (χ1v) is 11.6. The van der Waals surface area contributed by atoms with Gasteiger partial charge in [-0.3, -0.25) is 0 Å². The number of piperidine rings is 1. The van der Waals surface area contributed by atoms with Crippen molar-refractivity contribution in [3.8, 4) is 17.7 Å². The number of benzene rings is 2. The molecular weight excluding hydrogens is 396 g/mol. The van der Waals surface area contributed by atoms with Crippen LogP contribution in [0.2, 0.25) is 0 Å². The van der Waals surface area contributed by atoms with Gasteiger partial charge in [0.25, 0.3) is 0 Å². The van der Waals surface area contributed by atoms with E-state index in [4.69, 9.17) is 9.72 Å². The standard InChI is InChI=1S/C27H32N4O/c1-4-22-25-23(30-18-31-26(25)19(2)16-21-8-6-5-7-9-21)17-24(32-3)27(22)29-15-12-20-10-13-28-14-11-20/h5-9,17-20,28-29H,4,10-11,13-14,16H2,1-3H3. The Balaban J connectivity index is 1.73. The van der Waals surface area contributed by atoms with Crippen LogP contribution in [0.4, 0.5) is 5.69 Å². The summed E-state index contributed by atoms with van der Waals surface area (Å²) in [5.74, 6) is 4.87. The van der Waals surface area contributed by atoms with Crippen molar-refractivity contribution in [3.05, 3.63) is 59.5 Å². The van der Waals surface area contributed by atoms with Crippen molar-refractivity contribution < 1.29 is 4.74 Å². The molecule has 1 aliphatic heterocycles. The monoisotopic (exact) mass is 428 g/mol. The largest absolute Gasteiger partial charge is 0.494 e. The molecule has 5 heteroatoms. The van der Waals surface area contributed by atoms with Gasteiger partial charge in [0.1, 0.15) is 12.1 Å². The molecule has 1 saturated heterocycles. The third-order valence-electron chi connectivity index (χ3n) is 6.25. The summed E-state index contributed by atoms with van der Waals surface area (Å²) >= 11 is 0. The third-order valence-corrected chi connectivity index (χ3v) is 6.25. The fourth-order valence-electron chi connectivity index (χ4n) is 4.56. The van der Waals surface area contributed by atoms with Gasteiger partial charge in [0, 0.05) is 29.3 Å². The number of ether oxygens (including phenoxy) is 1. The maximum atomic E-state index is 5.73. The molecule has 0 saturated carbocycles. The normalized spacial score (nSPS) is 15.1. The van der Waals surface area contributed by atoms with Crippen LogP contribution in [0.25, 0.3) is 10.9 Å². The SMILES string of the molecule is CCc1c(NC#CC2CCNCC2)c(OC)cc2ncnc(C(C)Cc3ccccc3)c12. The quantitative estimate of drug-likeness (QED) is 0.431. The second kappa shape index (κ2) is 10.5. The fraction of sp³-hybridized carbons (Fsp3) is 0.407. The predicted molar refractivity (Wildman–Crippen MR) is 131 cm³/mol. The van der Waals surface area contributed by atoms with Crippen LogP contribution in [0.5, 0.6) is 5.75 Å². The molecule has 0 radical (unpaired) electrons. The van der Waals surface area contributed by atoms with E-state index >= 15 is 0 Å². The number of nitrogens with one attached hydrogen (secondary N) is 2. The highest BCUT2D eigenvalue weighted by Crippen LogP contribution is 2.38. The summed E-state index contributed by atoms with van der Waals surface area (Å²) in [6.07, 6.45) is 5.63. The Hall–Kier alpha value is -3.10. The number of anilines is 1. The summed E-state index contributed by atoms with van der Waals surface area (Å²) in [6, 6.07) is 15.8. The molecule has 1 atom stereocenters. The highest BCUT2D eigenvalue weighted by molar-refractivity contribution is 5.93. The Morgan fingerprint density at radius 1 is 1.19 bits per heavy atom. The first-order valence-electron chi connectivity index (χ1n) is 11.6. The number of aromatic nitrogens is 2. The van der Waals surface area contributed by atoms with Gasteiger partial charge in [0.15, 0.2) is 0 Å².